The minimum absolute atomic E-state index is 0.00963. The van der Waals surface area contributed by atoms with Crippen molar-refractivity contribution in [3.05, 3.63) is 57.8 Å². The van der Waals surface area contributed by atoms with E-state index >= 15 is 0 Å². The van der Waals surface area contributed by atoms with Crippen LogP contribution in [0.15, 0.2) is 36.5 Å². The maximum Gasteiger partial charge on any atom is 0.287 e. The van der Waals surface area contributed by atoms with Gasteiger partial charge in [-0.1, -0.05) is 12.1 Å². The van der Waals surface area contributed by atoms with Crippen LogP contribution in [0.3, 0.4) is 0 Å². The number of nitro groups is 1. The Bertz CT molecular complexity index is 655. The number of fused-ring (bicyclic) bond motifs is 1. The lowest BCUT2D eigenvalue weighted by Crippen LogP contribution is -2.31. The predicted octanol–water partition coefficient (Wildman–Crippen LogP) is 2.13. The van der Waals surface area contributed by atoms with E-state index in [0.717, 1.165) is 31.0 Å². The summed E-state index contributed by atoms with van der Waals surface area (Å²) >= 11 is 0. The van der Waals surface area contributed by atoms with Crippen LogP contribution in [0, 0.1) is 10.1 Å². The van der Waals surface area contributed by atoms with Gasteiger partial charge in [0.05, 0.1) is 4.92 Å². The molecule has 0 fully saturated rings. The van der Waals surface area contributed by atoms with Crippen LogP contribution >= 0.6 is 0 Å². The first-order chi connectivity index (χ1) is 9.65. The zero-order valence-corrected chi connectivity index (χ0v) is 10.8. The molecule has 0 amide bonds. The Kier molecular flexibility index (Phi) is 2.98. The normalized spacial score (nSPS) is 13.9. The van der Waals surface area contributed by atoms with E-state index in [1.807, 2.05) is 12.1 Å². The van der Waals surface area contributed by atoms with Crippen LogP contribution in [-0.2, 0) is 13.0 Å². The second-order valence-electron chi connectivity index (χ2n) is 4.79. The fourth-order valence-electron chi connectivity index (χ4n) is 2.51. The average Bonchev–Trinajstić information content (AvgIpc) is 2.47. The molecule has 1 aromatic heterocycles. The zero-order chi connectivity index (χ0) is 14.1. The van der Waals surface area contributed by atoms with E-state index in [0.29, 0.717) is 0 Å². The van der Waals surface area contributed by atoms with Gasteiger partial charge in [-0.15, -0.1) is 0 Å². The highest BCUT2D eigenvalue weighted by Gasteiger charge is 2.19. The van der Waals surface area contributed by atoms with Gasteiger partial charge in [-0.2, -0.15) is 0 Å². The van der Waals surface area contributed by atoms with Crippen molar-refractivity contribution < 1.29 is 4.92 Å². The minimum atomic E-state index is -0.441. The summed E-state index contributed by atoms with van der Waals surface area (Å²) in [6.45, 7) is 1.54. The summed E-state index contributed by atoms with van der Waals surface area (Å²) in [6.07, 6.45) is 2.16. The summed E-state index contributed by atoms with van der Waals surface area (Å²) in [6, 6.07) is 9.09. The molecule has 0 saturated carbocycles. The van der Waals surface area contributed by atoms with Gasteiger partial charge in [0.2, 0.25) is 0 Å². The average molecular weight is 270 g/mol. The number of nitrogens with two attached hydrogens (primary N) is 1. The van der Waals surface area contributed by atoms with Crippen LogP contribution in [0.2, 0.25) is 0 Å². The molecule has 102 valence electrons. The monoisotopic (exact) mass is 270 g/mol. The van der Waals surface area contributed by atoms with E-state index in [1.165, 1.54) is 23.4 Å². The Hall–Kier alpha value is -2.63. The number of pyridine rings is 1. The fourth-order valence-corrected chi connectivity index (χ4v) is 2.51. The number of hydrogen-bond acceptors (Lipinski definition) is 5. The standard InChI is InChI=1S/C14H14N4O2/c15-13-3-1-2-10-9-17(7-6-12(10)13)14-5-4-11(8-16-14)18(19)20/h1-5,8H,6-7,9,15H2. The molecule has 6 heteroatoms. The molecule has 0 radical (unpaired) electrons. The van der Waals surface area contributed by atoms with Crippen molar-refractivity contribution >= 4 is 17.2 Å². The molecule has 0 spiro atoms. The Morgan fingerprint density at radius 2 is 2.15 bits per heavy atom. The van der Waals surface area contributed by atoms with Gasteiger partial charge in [-0.25, -0.2) is 4.98 Å². The third kappa shape index (κ3) is 2.16. The van der Waals surface area contributed by atoms with Crippen LogP contribution in [0.4, 0.5) is 17.2 Å². The number of aromatic nitrogens is 1. The highest BCUT2D eigenvalue weighted by molar-refractivity contribution is 5.55. The van der Waals surface area contributed by atoms with Crippen molar-refractivity contribution in [3.63, 3.8) is 0 Å². The summed E-state index contributed by atoms with van der Waals surface area (Å²) in [5.74, 6) is 0.753. The second kappa shape index (κ2) is 4.80. The molecule has 2 N–H and O–H groups in total. The topological polar surface area (TPSA) is 85.3 Å². The predicted molar refractivity (Wildman–Crippen MR) is 76.5 cm³/mol. The van der Waals surface area contributed by atoms with Crippen molar-refractivity contribution in [3.8, 4) is 0 Å². The van der Waals surface area contributed by atoms with Crippen molar-refractivity contribution in [2.24, 2.45) is 0 Å². The van der Waals surface area contributed by atoms with Gasteiger partial charge in [-0.05, 0) is 29.7 Å². The molecule has 1 aromatic carbocycles. The van der Waals surface area contributed by atoms with E-state index in [1.54, 1.807) is 6.07 Å². The molecule has 0 aliphatic carbocycles. The third-order valence-electron chi connectivity index (χ3n) is 3.57. The SMILES string of the molecule is Nc1cccc2c1CCN(c1ccc([N+](=O)[O-])cn1)C2. The minimum Gasteiger partial charge on any atom is -0.398 e. The van der Waals surface area contributed by atoms with Gasteiger partial charge in [0, 0.05) is 24.8 Å². The van der Waals surface area contributed by atoms with Gasteiger partial charge in [0.1, 0.15) is 12.0 Å². The van der Waals surface area contributed by atoms with E-state index in [-0.39, 0.29) is 5.69 Å². The van der Waals surface area contributed by atoms with E-state index < -0.39 is 4.92 Å². The molecule has 0 saturated heterocycles. The first kappa shape index (κ1) is 12.4. The summed E-state index contributed by atoms with van der Waals surface area (Å²) in [5, 5.41) is 10.6. The quantitative estimate of drug-likeness (QED) is 0.513. The van der Waals surface area contributed by atoms with Crippen LogP contribution in [0.5, 0.6) is 0 Å². The van der Waals surface area contributed by atoms with Crippen molar-refractivity contribution in [2.75, 3.05) is 17.2 Å². The molecule has 3 rings (SSSR count). The van der Waals surface area contributed by atoms with E-state index in [4.69, 9.17) is 5.73 Å². The number of hydrogen-bond donors (Lipinski definition) is 1. The van der Waals surface area contributed by atoms with Gasteiger partial charge >= 0.3 is 0 Å². The first-order valence-corrected chi connectivity index (χ1v) is 6.37. The Morgan fingerprint density at radius 1 is 1.30 bits per heavy atom. The van der Waals surface area contributed by atoms with Crippen LogP contribution in [-0.4, -0.2) is 16.5 Å². The second-order valence-corrected chi connectivity index (χ2v) is 4.79. The highest BCUT2D eigenvalue weighted by atomic mass is 16.6. The largest absolute Gasteiger partial charge is 0.398 e. The third-order valence-corrected chi connectivity index (χ3v) is 3.57. The molecule has 6 nitrogen and oxygen atoms in total. The summed E-state index contributed by atoms with van der Waals surface area (Å²) in [4.78, 5) is 16.5. The lowest BCUT2D eigenvalue weighted by Gasteiger charge is -2.30. The number of anilines is 2. The number of benzene rings is 1. The molecular weight excluding hydrogens is 256 g/mol. The molecule has 0 unspecified atom stereocenters. The van der Waals surface area contributed by atoms with Gasteiger partial charge in [0.25, 0.3) is 5.69 Å². The molecule has 1 aliphatic heterocycles. The van der Waals surface area contributed by atoms with Crippen LogP contribution in [0.1, 0.15) is 11.1 Å². The Morgan fingerprint density at radius 3 is 2.85 bits per heavy atom. The fraction of sp³-hybridized carbons (Fsp3) is 0.214. The smallest absolute Gasteiger partial charge is 0.287 e. The number of nitrogen functional groups attached to an aromatic ring is 1. The molecule has 1 aliphatic rings. The molecule has 0 bridgehead atoms. The molecular formula is C14H14N4O2. The maximum absolute atomic E-state index is 10.6. The number of nitrogens with zero attached hydrogens (tertiary/aromatic N) is 3. The molecule has 2 aromatic rings. The number of rotatable bonds is 2. The van der Waals surface area contributed by atoms with Crippen LogP contribution < -0.4 is 10.6 Å². The molecule has 0 atom stereocenters. The Labute approximate surface area is 116 Å². The summed E-state index contributed by atoms with van der Waals surface area (Å²) < 4.78 is 0. The van der Waals surface area contributed by atoms with E-state index in [2.05, 4.69) is 16.0 Å². The van der Waals surface area contributed by atoms with Gasteiger partial charge in [-0.3, -0.25) is 10.1 Å². The maximum atomic E-state index is 10.6. The van der Waals surface area contributed by atoms with E-state index in [9.17, 15) is 10.1 Å². The van der Waals surface area contributed by atoms with Gasteiger partial charge < -0.3 is 10.6 Å². The van der Waals surface area contributed by atoms with Crippen molar-refractivity contribution in [1.29, 1.82) is 0 Å². The summed E-state index contributed by atoms with van der Waals surface area (Å²) in [5.41, 5.74) is 9.20. The zero-order valence-electron chi connectivity index (χ0n) is 10.8. The first-order valence-electron chi connectivity index (χ1n) is 6.37. The summed E-state index contributed by atoms with van der Waals surface area (Å²) in [7, 11) is 0. The Balaban J connectivity index is 1.85. The lowest BCUT2D eigenvalue weighted by molar-refractivity contribution is -0.385. The van der Waals surface area contributed by atoms with Gasteiger partial charge in [0.15, 0.2) is 0 Å². The molecule has 2 heterocycles. The van der Waals surface area contributed by atoms with Crippen molar-refractivity contribution in [1.82, 2.24) is 4.98 Å². The lowest BCUT2D eigenvalue weighted by atomic mass is 9.98. The molecule has 20 heavy (non-hydrogen) atoms. The van der Waals surface area contributed by atoms with Crippen molar-refractivity contribution in [2.45, 2.75) is 13.0 Å². The highest BCUT2D eigenvalue weighted by Crippen LogP contribution is 2.27. The van der Waals surface area contributed by atoms with Crippen LogP contribution in [0.25, 0.3) is 0 Å².